The van der Waals surface area contributed by atoms with Crippen LogP contribution in [0.5, 0.6) is 0 Å². The van der Waals surface area contributed by atoms with Crippen LogP contribution >= 0.6 is 0 Å². The quantitative estimate of drug-likeness (QED) is 0.547. The van der Waals surface area contributed by atoms with E-state index in [1.807, 2.05) is 36.4 Å². The molecule has 5 rings (SSSR count). The molecule has 0 saturated carbocycles. The number of fused-ring (bicyclic) bond motifs is 2. The zero-order valence-electron chi connectivity index (χ0n) is 16.1. The Balaban J connectivity index is 1.43. The van der Waals surface area contributed by atoms with Gasteiger partial charge in [-0.1, -0.05) is 24.3 Å². The van der Waals surface area contributed by atoms with Gasteiger partial charge in [0.15, 0.2) is 5.03 Å². The maximum absolute atomic E-state index is 12.9. The molecule has 0 fully saturated rings. The summed E-state index contributed by atoms with van der Waals surface area (Å²) in [6.45, 7) is 0.670. The van der Waals surface area contributed by atoms with Crippen LogP contribution in [0.2, 0.25) is 0 Å². The molecular weight excluding hydrogens is 398 g/mol. The van der Waals surface area contributed by atoms with Crippen LogP contribution in [0.15, 0.2) is 78.2 Å². The van der Waals surface area contributed by atoms with Gasteiger partial charge in [0.2, 0.25) is 0 Å². The Kier molecular flexibility index (Phi) is 4.65. The highest BCUT2D eigenvalue weighted by atomic mass is 32.2. The normalized spacial score (nSPS) is 14.4. The molecule has 0 unspecified atom stereocenters. The third kappa shape index (κ3) is 3.40. The van der Waals surface area contributed by atoms with E-state index in [2.05, 4.69) is 20.3 Å². The number of aromatic nitrogens is 3. The van der Waals surface area contributed by atoms with Crippen molar-refractivity contribution in [1.29, 1.82) is 0 Å². The van der Waals surface area contributed by atoms with Gasteiger partial charge in [-0.3, -0.25) is 4.98 Å². The van der Waals surface area contributed by atoms with Crippen molar-refractivity contribution in [3.05, 3.63) is 84.3 Å². The molecule has 8 heteroatoms. The van der Waals surface area contributed by atoms with Crippen LogP contribution in [0.25, 0.3) is 10.9 Å². The molecule has 150 valence electrons. The summed E-state index contributed by atoms with van der Waals surface area (Å²) >= 11 is 0. The predicted molar refractivity (Wildman–Crippen MR) is 115 cm³/mol. The first kappa shape index (κ1) is 18.7. The number of para-hydroxylation sites is 1. The number of nitrogens with one attached hydrogen (secondary N) is 1. The number of sulfonamides is 1. The summed E-state index contributed by atoms with van der Waals surface area (Å²) in [4.78, 5) is 13.0. The van der Waals surface area contributed by atoms with E-state index in [1.165, 1.54) is 16.6 Å². The number of hydrogen-bond donors (Lipinski definition) is 1. The second-order valence-electron chi connectivity index (χ2n) is 7.10. The fraction of sp³-hybridized carbons (Fsp3) is 0.136. The van der Waals surface area contributed by atoms with Crippen LogP contribution in [-0.4, -0.2) is 34.2 Å². The molecule has 3 aromatic heterocycles. The third-order valence-electron chi connectivity index (χ3n) is 5.21. The summed E-state index contributed by atoms with van der Waals surface area (Å²) < 4.78 is 27.3. The Bertz CT molecular complexity index is 1330. The van der Waals surface area contributed by atoms with Gasteiger partial charge in [-0.2, -0.15) is 4.31 Å². The smallest absolute Gasteiger partial charge is 0.260 e. The lowest BCUT2D eigenvalue weighted by Gasteiger charge is -2.28. The molecule has 0 spiro atoms. The van der Waals surface area contributed by atoms with Crippen LogP contribution in [0.3, 0.4) is 0 Å². The Morgan fingerprint density at radius 1 is 0.933 bits per heavy atom. The molecule has 0 bridgehead atoms. The molecule has 30 heavy (non-hydrogen) atoms. The van der Waals surface area contributed by atoms with Crippen molar-refractivity contribution in [1.82, 2.24) is 19.3 Å². The largest absolute Gasteiger partial charge is 0.339 e. The fourth-order valence-electron chi connectivity index (χ4n) is 3.69. The molecule has 0 aliphatic carbocycles. The average Bonchev–Trinajstić information content (AvgIpc) is 2.79. The maximum atomic E-state index is 12.9. The number of pyridine rings is 3. The first-order valence-electron chi connectivity index (χ1n) is 9.61. The zero-order chi connectivity index (χ0) is 20.6. The van der Waals surface area contributed by atoms with Gasteiger partial charge in [0.25, 0.3) is 10.0 Å². The molecule has 1 aromatic carbocycles. The van der Waals surface area contributed by atoms with E-state index in [0.717, 1.165) is 33.5 Å². The highest BCUT2D eigenvalue weighted by molar-refractivity contribution is 7.89. The highest BCUT2D eigenvalue weighted by Crippen LogP contribution is 2.29. The molecule has 1 aliphatic rings. The lowest BCUT2D eigenvalue weighted by atomic mass is 10.0. The van der Waals surface area contributed by atoms with Crippen molar-refractivity contribution in [2.75, 3.05) is 11.9 Å². The monoisotopic (exact) mass is 417 g/mol. The van der Waals surface area contributed by atoms with E-state index >= 15 is 0 Å². The molecule has 0 saturated heterocycles. The van der Waals surface area contributed by atoms with Crippen LogP contribution in [0, 0.1) is 0 Å². The summed E-state index contributed by atoms with van der Waals surface area (Å²) in [5.74, 6) is 0.736. The second-order valence-corrected chi connectivity index (χ2v) is 8.98. The summed E-state index contributed by atoms with van der Waals surface area (Å²) in [6.07, 6.45) is 5.55. The molecule has 0 radical (unpaired) electrons. The van der Waals surface area contributed by atoms with E-state index in [0.29, 0.717) is 19.5 Å². The minimum atomic E-state index is -3.63. The first-order chi connectivity index (χ1) is 14.6. The van der Waals surface area contributed by atoms with Crippen molar-refractivity contribution in [3.8, 4) is 0 Å². The Morgan fingerprint density at radius 3 is 2.67 bits per heavy atom. The van der Waals surface area contributed by atoms with Gasteiger partial charge in [-0.05, 0) is 42.3 Å². The highest BCUT2D eigenvalue weighted by Gasteiger charge is 2.30. The standard InChI is InChI=1S/C22H19N5O2S/c28-30(29,21-7-3-4-10-23-21)27-12-9-19-17(15-27)8-11-24-22(19)26-18-13-16-5-1-2-6-20(16)25-14-18/h1-8,10-11,13-14H,9,12,15H2,(H,24,26). The van der Waals surface area contributed by atoms with E-state index in [-0.39, 0.29) is 5.03 Å². The van der Waals surface area contributed by atoms with Gasteiger partial charge in [0.1, 0.15) is 5.82 Å². The molecule has 0 amide bonds. The Morgan fingerprint density at radius 2 is 1.80 bits per heavy atom. The van der Waals surface area contributed by atoms with Crippen LogP contribution in [-0.2, 0) is 23.0 Å². The van der Waals surface area contributed by atoms with Gasteiger partial charge >= 0.3 is 0 Å². The van der Waals surface area contributed by atoms with Crippen molar-refractivity contribution >= 4 is 32.4 Å². The fourth-order valence-corrected chi connectivity index (χ4v) is 5.04. The molecule has 7 nitrogen and oxygen atoms in total. The molecule has 1 N–H and O–H groups in total. The average molecular weight is 417 g/mol. The van der Waals surface area contributed by atoms with E-state index in [9.17, 15) is 8.42 Å². The zero-order valence-corrected chi connectivity index (χ0v) is 16.9. The van der Waals surface area contributed by atoms with Crippen LogP contribution in [0.4, 0.5) is 11.5 Å². The van der Waals surface area contributed by atoms with Gasteiger partial charge in [0.05, 0.1) is 17.4 Å². The van der Waals surface area contributed by atoms with Gasteiger partial charge < -0.3 is 5.32 Å². The lowest BCUT2D eigenvalue weighted by Crippen LogP contribution is -2.36. The summed E-state index contributed by atoms with van der Waals surface area (Å²) in [6, 6.07) is 16.7. The van der Waals surface area contributed by atoms with E-state index in [1.54, 1.807) is 24.5 Å². The molecule has 4 heterocycles. The molecule has 0 atom stereocenters. The lowest BCUT2D eigenvalue weighted by molar-refractivity contribution is 0.389. The van der Waals surface area contributed by atoms with Crippen molar-refractivity contribution in [2.45, 2.75) is 18.0 Å². The first-order valence-corrected chi connectivity index (χ1v) is 11.0. The summed E-state index contributed by atoms with van der Waals surface area (Å²) in [7, 11) is -3.63. The Labute approximate surface area is 174 Å². The van der Waals surface area contributed by atoms with Gasteiger partial charge in [-0.15, -0.1) is 0 Å². The molecule has 1 aliphatic heterocycles. The predicted octanol–water partition coefficient (Wildman–Crippen LogP) is 3.52. The van der Waals surface area contributed by atoms with Crippen LogP contribution < -0.4 is 5.32 Å². The molecular formula is C22H19N5O2S. The van der Waals surface area contributed by atoms with Crippen molar-refractivity contribution in [3.63, 3.8) is 0 Å². The number of benzene rings is 1. The molecule has 4 aromatic rings. The van der Waals surface area contributed by atoms with Crippen molar-refractivity contribution < 1.29 is 8.42 Å². The topological polar surface area (TPSA) is 88.1 Å². The third-order valence-corrected chi connectivity index (χ3v) is 6.97. The number of hydrogen-bond acceptors (Lipinski definition) is 6. The summed E-state index contributed by atoms with van der Waals surface area (Å²) in [5, 5.41) is 4.47. The number of nitrogens with zero attached hydrogens (tertiary/aromatic N) is 4. The maximum Gasteiger partial charge on any atom is 0.260 e. The SMILES string of the molecule is O=S(=O)(c1ccccn1)N1CCc2c(ccnc2Nc2cnc3ccccc3c2)C1. The number of anilines is 2. The number of rotatable bonds is 4. The van der Waals surface area contributed by atoms with Gasteiger partial charge in [-0.25, -0.2) is 18.4 Å². The van der Waals surface area contributed by atoms with E-state index < -0.39 is 10.0 Å². The van der Waals surface area contributed by atoms with Gasteiger partial charge in [0, 0.05) is 36.4 Å². The minimum absolute atomic E-state index is 0.0723. The van der Waals surface area contributed by atoms with Crippen molar-refractivity contribution in [2.24, 2.45) is 0 Å². The minimum Gasteiger partial charge on any atom is -0.339 e. The summed E-state index contributed by atoms with van der Waals surface area (Å²) in [5.41, 5.74) is 3.74. The Hall–Kier alpha value is -3.36. The van der Waals surface area contributed by atoms with Crippen LogP contribution in [0.1, 0.15) is 11.1 Å². The van der Waals surface area contributed by atoms with E-state index in [4.69, 9.17) is 0 Å². The second kappa shape index (κ2) is 7.47.